The fourth-order valence-corrected chi connectivity index (χ4v) is 1.60. The van der Waals surface area contributed by atoms with Gasteiger partial charge in [0.25, 0.3) is 0 Å². The second kappa shape index (κ2) is 6.51. The van der Waals surface area contributed by atoms with Crippen molar-refractivity contribution in [2.24, 2.45) is 5.10 Å². The summed E-state index contributed by atoms with van der Waals surface area (Å²) in [5.41, 5.74) is 3.54. The monoisotopic (exact) mass is 286 g/mol. The van der Waals surface area contributed by atoms with Crippen LogP contribution in [0.15, 0.2) is 45.9 Å². The highest BCUT2D eigenvalue weighted by Crippen LogP contribution is 2.06. The van der Waals surface area contributed by atoms with Crippen molar-refractivity contribution in [3.05, 3.63) is 59.0 Å². The lowest BCUT2D eigenvalue weighted by atomic mass is 10.1. The molecule has 1 heterocycles. The summed E-state index contributed by atoms with van der Waals surface area (Å²) in [5.74, 6) is 0.0266. The minimum atomic E-state index is -0.425. The molecule has 1 aromatic heterocycles. The van der Waals surface area contributed by atoms with E-state index >= 15 is 0 Å². The molecule has 0 saturated heterocycles. The van der Waals surface area contributed by atoms with Gasteiger partial charge in [0.1, 0.15) is 5.76 Å². The molecule has 6 nitrogen and oxygen atoms in total. The average molecular weight is 286 g/mol. The molecular weight excluding hydrogens is 272 g/mol. The third-order valence-corrected chi connectivity index (χ3v) is 2.68. The van der Waals surface area contributed by atoms with Gasteiger partial charge in [0.15, 0.2) is 5.76 Å². The minimum Gasteiger partial charge on any atom is -0.465 e. The fourth-order valence-electron chi connectivity index (χ4n) is 1.60. The summed E-state index contributed by atoms with van der Waals surface area (Å²) < 4.78 is 9.76. The summed E-state index contributed by atoms with van der Waals surface area (Å²) in [5, 5.41) is 3.82. The number of aryl methyl sites for hydroxylation is 1. The number of nitrogens with one attached hydrogen (secondary N) is 1. The van der Waals surface area contributed by atoms with E-state index < -0.39 is 11.9 Å². The molecule has 0 aliphatic heterocycles. The van der Waals surface area contributed by atoms with E-state index in [0.717, 1.165) is 5.56 Å². The quantitative estimate of drug-likeness (QED) is 0.530. The number of hydrazone groups is 1. The van der Waals surface area contributed by atoms with Gasteiger partial charge in [-0.15, -0.1) is 0 Å². The number of methoxy groups -OCH3 is 1. The van der Waals surface area contributed by atoms with Crippen LogP contribution < -0.4 is 5.43 Å². The van der Waals surface area contributed by atoms with Crippen LogP contribution >= 0.6 is 0 Å². The Bertz CT molecular complexity index is 671. The third-order valence-electron chi connectivity index (χ3n) is 2.68. The number of benzene rings is 1. The molecule has 6 heteroatoms. The number of carbonyl (C=O) groups is 2. The van der Waals surface area contributed by atoms with E-state index in [1.54, 1.807) is 43.3 Å². The number of furan rings is 1. The first-order valence-electron chi connectivity index (χ1n) is 6.18. The van der Waals surface area contributed by atoms with Crippen molar-refractivity contribution >= 4 is 18.1 Å². The largest absolute Gasteiger partial charge is 0.465 e. The van der Waals surface area contributed by atoms with Crippen molar-refractivity contribution in [3.63, 3.8) is 0 Å². The predicted octanol–water partition coefficient (Wildman–Crippen LogP) is 2.14. The van der Waals surface area contributed by atoms with Crippen LogP contribution in [0.3, 0.4) is 0 Å². The van der Waals surface area contributed by atoms with Crippen LogP contribution in [0, 0.1) is 6.92 Å². The van der Waals surface area contributed by atoms with Gasteiger partial charge in [0, 0.05) is 0 Å². The van der Waals surface area contributed by atoms with Crippen molar-refractivity contribution in [2.75, 3.05) is 7.11 Å². The summed E-state index contributed by atoms with van der Waals surface area (Å²) in [6, 6.07) is 9.89. The van der Waals surface area contributed by atoms with Gasteiger partial charge in [0.05, 0.1) is 18.9 Å². The standard InChI is InChI=1S/C15H14N2O4/c1-10-3-8-13(21-10)14(18)17-16-9-11-4-6-12(7-5-11)15(19)20-2/h3-9H,1-2H3,(H,17,18). The fraction of sp³-hybridized carbons (Fsp3) is 0.133. The second-order valence-corrected chi connectivity index (χ2v) is 4.22. The summed E-state index contributed by atoms with van der Waals surface area (Å²) in [7, 11) is 1.32. The van der Waals surface area contributed by atoms with Crippen LogP contribution in [-0.2, 0) is 4.74 Å². The third kappa shape index (κ3) is 3.79. The molecule has 0 atom stereocenters. The van der Waals surface area contributed by atoms with Gasteiger partial charge in [-0.25, -0.2) is 10.2 Å². The molecule has 21 heavy (non-hydrogen) atoms. The number of carbonyl (C=O) groups excluding carboxylic acids is 2. The zero-order valence-corrected chi connectivity index (χ0v) is 11.6. The first kappa shape index (κ1) is 14.5. The van der Waals surface area contributed by atoms with Crippen LogP contribution in [-0.4, -0.2) is 25.2 Å². The number of rotatable bonds is 4. The van der Waals surface area contributed by atoms with Crippen LogP contribution in [0.2, 0.25) is 0 Å². The summed E-state index contributed by atoms with van der Waals surface area (Å²) in [6.45, 7) is 1.75. The first-order valence-corrected chi connectivity index (χ1v) is 6.18. The summed E-state index contributed by atoms with van der Waals surface area (Å²) >= 11 is 0. The zero-order chi connectivity index (χ0) is 15.2. The maximum atomic E-state index is 11.7. The highest BCUT2D eigenvalue weighted by atomic mass is 16.5. The van der Waals surface area contributed by atoms with Crippen molar-refractivity contribution in [1.82, 2.24) is 5.43 Å². The molecule has 2 rings (SSSR count). The lowest BCUT2D eigenvalue weighted by Gasteiger charge is -1.99. The Hall–Kier alpha value is -2.89. The molecule has 0 radical (unpaired) electrons. The molecule has 0 saturated carbocycles. The molecule has 0 aliphatic rings. The van der Waals surface area contributed by atoms with Gasteiger partial charge in [0.2, 0.25) is 0 Å². The van der Waals surface area contributed by atoms with Gasteiger partial charge in [-0.05, 0) is 36.8 Å². The number of esters is 1. The first-order chi connectivity index (χ1) is 10.1. The molecule has 1 N–H and O–H groups in total. The van der Waals surface area contributed by atoms with Crippen molar-refractivity contribution in [3.8, 4) is 0 Å². The highest BCUT2D eigenvalue weighted by Gasteiger charge is 2.08. The minimum absolute atomic E-state index is 0.200. The summed E-state index contributed by atoms with van der Waals surface area (Å²) in [6.07, 6.45) is 1.47. The predicted molar refractivity (Wildman–Crippen MR) is 76.3 cm³/mol. The number of amides is 1. The van der Waals surface area contributed by atoms with Crippen molar-refractivity contribution in [2.45, 2.75) is 6.92 Å². The van der Waals surface area contributed by atoms with E-state index in [2.05, 4.69) is 15.3 Å². The maximum absolute atomic E-state index is 11.7. The Balaban J connectivity index is 1.95. The van der Waals surface area contributed by atoms with E-state index in [0.29, 0.717) is 11.3 Å². The SMILES string of the molecule is COC(=O)c1ccc(C=NNC(=O)c2ccc(C)o2)cc1. The lowest BCUT2D eigenvalue weighted by molar-refractivity contribution is 0.0600. The van der Waals surface area contributed by atoms with Gasteiger partial charge >= 0.3 is 11.9 Å². The molecule has 1 aromatic carbocycles. The van der Waals surface area contributed by atoms with Gasteiger partial charge in [-0.3, -0.25) is 4.79 Å². The Kier molecular flexibility index (Phi) is 4.50. The molecule has 0 bridgehead atoms. The Morgan fingerprint density at radius 3 is 2.48 bits per heavy atom. The smallest absolute Gasteiger partial charge is 0.337 e. The number of hydrogen-bond donors (Lipinski definition) is 1. The number of nitrogens with zero attached hydrogens (tertiary/aromatic N) is 1. The van der Waals surface area contributed by atoms with Gasteiger partial charge < -0.3 is 9.15 Å². The van der Waals surface area contributed by atoms with Crippen LogP contribution in [0.25, 0.3) is 0 Å². The molecule has 1 amide bonds. The van der Waals surface area contributed by atoms with E-state index in [9.17, 15) is 9.59 Å². The van der Waals surface area contributed by atoms with Crippen molar-refractivity contribution < 1.29 is 18.7 Å². The maximum Gasteiger partial charge on any atom is 0.337 e. The van der Waals surface area contributed by atoms with E-state index in [4.69, 9.17) is 4.42 Å². The molecule has 0 aliphatic carbocycles. The Morgan fingerprint density at radius 1 is 1.19 bits per heavy atom. The van der Waals surface area contributed by atoms with Gasteiger partial charge in [-0.2, -0.15) is 5.10 Å². The van der Waals surface area contributed by atoms with Crippen LogP contribution in [0.5, 0.6) is 0 Å². The number of hydrogen-bond acceptors (Lipinski definition) is 5. The van der Waals surface area contributed by atoms with E-state index in [1.807, 2.05) is 0 Å². The van der Waals surface area contributed by atoms with Crippen LogP contribution in [0.4, 0.5) is 0 Å². The molecule has 108 valence electrons. The lowest BCUT2D eigenvalue weighted by Crippen LogP contribution is -2.16. The summed E-state index contributed by atoms with van der Waals surface area (Å²) in [4.78, 5) is 22.9. The Morgan fingerprint density at radius 2 is 1.90 bits per heavy atom. The molecule has 0 fully saturated rings. The molecule has 2 aromatic rings. The molecular formula is C15H14N2O4. The second-order valence-electron chi connectivity index (χ2n) is 4.22. The van der Waals surface area contributed by atoms with E-state index in [1.165, 1.54) is 13.3 Å². The molecule has 0 spiro atoms. The average Bonchev–Trinajstić information content (AvgIpc) is 2.94. The normalized spacial score (nSPS) is 10.6. The number of ether oxygens (including phenoxy) is 1. The van der Waals surface area contributed by atoms with Crippen LogP contribution in [0.1, 0.15) is 32.2 Å². The van der Waals surface area contributed by atoms with Crippen molar-refractivity contribution in [1.29, 1.82) is 0 Å². The molecule has 0 unspecified atom stereocenters. The zero-order valence-electron chi connectivity index (χ0n) is 11.6. The van der Waals surface area contributed by atoms with E-state index in [-0.39, 0.29) is 5.76 Å². The van der Waals surface area contributed by atoms with Gasteiger partial charge in [-0.1, -0.05) is 12.1 Å². The highest BCUT2D eigenvalue weighted by molar-refractivity contribution is 5.93. The Labute approximate surface area is 121 Å². The topological polar surface area (TPSA) is 80.9 Å².